The maximum Gasteiger partial charge on any atom is 0.240 e. The molecule has 0 spiro atoms. The summed E-state index contributed by atoms with van der Waals surface area (Å²) in [4.78, 5) is 0.184. The zero-order valence-electron chi connectivity index (χ0n) is 14.1. The van der Waals surface area contributed by atoms with Crippen molar-refractivity contribution >= 4 is 20.0 Å². The fraction of sp³-hybridized carbons (Fsp3) is 0.600. The smallest absolute Gasteiger partial charge is 0.212 e. The van der Waals surface area contributed by atoms with E-state index in [2.05, 4.69) is 4.72 Å². The Morgan fingerprint density at radius 3 is 2.09 bits per heavy atom. The lowest BCUT2D eigenvalue weighted by molar-refractivity contribution is 0.335. The van der Waals surface area contributed by atoms with Gasteiger partial charge in [0.25, 0.3) is 0 Å². The van der Waals surface area contributed by atoms with Crippen LogP contribution in [0.1, 0.15) is 32.8 Å². The van der Waals surface area contributed by atoms with E-state index in [0.29, 0.717) is 6.42 Å². The summed E-state index contributed by atoms with van der Waals surface area (Å²) in [5.74, 6) is 0. The van der Waals surface area contributed by atoms with Crippen molar-refractivity contribution in [1.82, 2.24) is 9.03 Å². The molecule has 0 amide bonds. The quantitative estimate of drug-likeness (QED) is 0.723. The van der Waals surface area contributed by atoms with E-state index in [9.17, 15) is 16.8 Å². The fourth-order valence-electron chi connectivity index (χ4n) is 2.19. The van der Waals surface area contributed by atoms with Crippen LogP contribution in [-0.2, 0) is 26.5 Å². The largest absolute Gasteiger partial charge is 0.240 e. The van der Waals surface area contributed by atoms with Gasteiger partial charge in [-0.25, -0.2) is 21.6 Å². The number of nitrogens with one attached hydrogen (secondary N) is 1. The van der Waals surface area contributed by atoms with E-state index in [1.165, 1.54) is 4.31 Å². The van der Waals surface area contributed by atoms with Gasteiger partial charge in [0.05, 0.1) is 11.2 Å². The lowest BCUT2D eigenvalue weighted by Gasteiger charge is -2.25. The molecule has 1 aromatic rings. The van der Waals surface area contributed by atoms with Gasteiger partial charge in [-0.15, -0.1) is 0 Å². The van der Waals surface area contributed by atoms with Crippen molar-refractivity contribution in [1.29, 1.82) is 0 Å². The molecule has 1 rings (SSSR count). The lowest BCUT2D eigenvalue weighted by atomic mass is 10.2. The fourth-order valence-corrected chi connectivity index (χ4v) is 4.44. The Labute approximate surface area is 140 Å². The number of hydrogen-bond acceptors (Lipinski definition) is 4. The van der Waals surface area contributed by atoms with Crippen LogP contribution in [0, 0.1) is 0 Å². The molecule has 0 saturated carbocycles. The molecule has 0 aliphatic heterocycles. The second kappa shape index (κ2) is 8.23. The molecular weight excluding hydrogens is 336 g/mol. The van der Waals surface area contributed by atoms with Crippen LogP contribution in [0.5, 0.6) is 0 Å². The van der Waals surface area contributed by atoms with Crippen LogP contribution in [0.3, 0.4) is 0 Å². The second-order valence-electron chi connectivity index (χ2n) is 5.53. The summed E-state index contributed by atoms with van der Waals surface area (Å²) in [6, 6.07) is 6.50. The first-order chi connectivity index (χ1) is 10.6. The van der Waals surface area contributed by atoms with Crippen molar-refractivity contribution in [2.75, 3.05) is 19.3 Å². The molecule has 0 saturated heterocycles. The normalized spacial score (nSPS) is 14.1. The average molecular weight is 363 g/mol. The van der Waals surface area contributed by atoms with Crippen molar-refractivity contribution in [3.63, 3.8) is 0 Å². The van der Waals surface area contributed by atoms with E-state index in [-0.39, 0.29) is 24.0 Å². The third-order valence-corrected chi connectivity index (χ3v) is 6.65. The zero-order valence-corrected chi connectivity index (χ0v) is 15.7. The van der Waals surface area contributed by atoms with Gasteiger partial charge in [0, 0.05) is 19.1 Å². The third-order valence-electron chi connectivity index (χ3n) is 3.77. The van der Waals surface area contributed by atoms with Crippen molar-refractivity contribution in [3.05, 3.63) is 29.8 Å². The van der Waals surface area contributed by atoms with Crippen molar-refractivity contribution in [3.8, 4) is 0 Å². The summed E-state index contributed by atoms with van der Waals surface area (Å²) in [7, 11) is -7.00. The van der Waals surface area contributed by atoms with Gasteiger partial charge in [0.1, 0.15) is 0 Å². The second-order valence-corrected chi connectivity index (χ2v) is 9.23. The molecule has 0 aromatic heterocycles. The summed E-state index contributed by atoms with van der Waals surface area (Å²) in [6.45, 7) is 5.84. The molecule has 0 aliphatic carbocycles. The van der Waals surface area contributed by atoms with E-state index in [1.807, 2.05) is 13.8 Å². The molecule has 23 heavy (non-hydrogen) atoms. The van der Waals surface area contributed by atoms with Crippen LogP contribution < -0.4 is 4.72 Å². The molecule has 0 radical (unpaired) electrons. The summed E-state index contributed by atoms with van der Waals surface area (Å²) >= 11 is 0. The minimum Gasteiger partial charge on any atom is -0.212 e. The molecule has 132 valence electrons. The first-order valence-electron chi connectivity index (χ1n) is 7.67. The Kier molecular flexibility index (Phi) is 7.19. The molecule has 8 heteroatoms. The van der Waals surface area contributed by atoms with Crippen LogP contribution in [0.25, 0.3) is 0 Å². The summed E-state index contributed by atoms with van der Waals surface area (Å²) in [6.07, 6.45) is 2.64. The van der Waals surface area contributed by atoms with Crippen LogP contribution in [-0.4, -0.2) is 46.5 Å². The van der Waals surface area contributed by atoms with Gasteiger partial charge >= 0.3 is 0 Å². The van der Waals surface area contributed by atoms with Crippen LogP contribution >= 0.6 is 0 Å². The van der Waals surface area contributed by atoms with Gasteiger partial charge in [-0.1, -0.05) is 26.0 Å². The highest BCUT2D eigenvalue weighted by Gasteiger charge is 2.22. The van der Waals surface area contributed by atoms with Crippen molar-refractivity contribution < 1.29 is 16.8 Å². The SMILES string of the molecule is CCc1ccc(S(=O)(=O)NCCN(C(C)CC)S(C)(=O)=O)cc1. The van der Waals surface area contributed by atoms with Gasteiger partial charge in [0.15, 0.2) is 0 Å². The Morgan fingerprint density at radius 1 is 1.09 bits per heavy atom. The first kappa shape index (κ1) is 20.1. The topological polar surface area (TPSA) is 83.6 Å². The highest BCUT2D eigenvalue weighted by atomic mass is 32.2. The van der Waals surface area contributed by atoms with Gasteiger partial charge in [-0.05, 0) is 37.5 Å². The van der Waals surface area contributed by atoms with Crippen LogP contribution in [0.2, 0.25) is 0 Å². The Morgan fingerprint density at radius 2 is 1.65 bits per heavy atom. The van der Waals surface area contributed by atoms with Gasteiger partial charge < -0.3 is 0 Å². The minimum absolute atomic E-state index is 0.0370. The molecular formula is C15H26N2O4S2. The maximum absolute atomic E-state index is 12.2. The van der Waals surface area contributed by atoms with E-state index >= 15 is 0 Å². The Balaban J connectivity index is 2.75. The molecule has 1 atom stereocenters. The number of hydrogen-bond donors (Lipinski definition) is 1. The molecule has 0 heterocycles. The Hall–Kier alpha value is -0.960. The molecule has 6 nitrogen and oxygen atoms in total. The van der Waals surface area contributed by atoms with Crippen LogP contribution in [0.15, 0.2) is 29.2 Å². The maximum atomic E-state index is 12.2. The minimum atomic E-state index is -3.63. The van der Waals surface area contributed by atoms with Gasteiger partial charge in [0.2, 0.25) is 20.0 Å². The third kappa shape index (κ3) is 5.87. The predicted octanol–water partition coefficient (Wildman–Crippen LogP) is 1.59. The standard InChI is InChI=1S/C15H26N2O4S2/c1-5-13(3)17(22(4,18)19)12-11-16-23(20,21)15-9-7-14(6-2)8-10-15/h7-10,13,16H,5-6,11-12H2,1-4H3. The molecule has 1 N–H and O–H groups in total. The monoisotopic (exact) mass is 362 g/mol. The predicted molar refractivity (Wildman–Crippen MR) is 92.3 cm³/mol. The number of benzene rings is 1. The van der Waals surface area contributed by atoms with E-state index in [0.717, 1.165) is 18.2 Å². The summed E-state index contributed by atoms with van der Waals surface area (Å²) < 4.78 is 51.8. The lowest BCUT2D eigenvalue weighted by Crippen LogP contribution is -2.42. The van der Waals surface area contributed by atoms with Crippen molar-refractivity contribution in [2.45, 2.75) is 44.6 Å². The number of rotatable bonds is 9. The highest BCUT2D eigenvalue weighted by Crippen LogP contribution is 2.12. The van der Waals surface area contributed by atoms with E-state index < -0.39 is 20.0 Å². The van der Waals surface area contributed by atoms with E-state index in [4.69, 9.17) is 0 Å². The molecule has 1 aromatic carbocycles. The number of sulfonamides is 2. The van der Waals surface area contributed by atoms with E-state index in [1.54, 1.807) is 31.2 Å². The molecule has 0 bridgehead atoms. The number of nitrogens with zero attached hydrogens (tertiary/aromatic N) is 1. The van der Waals surface area contributed by atoms with Gasteiger partial charge in [-0.3, -0.25) is 0 Å². The van der Waals surface area contributed by atoms with Gasteiger partial charge in [-0.2, -0.15) is 4.31 Å². The average Bonchev–Trinajstić information content (AvgIpc) is 2.49. The summed E-state index contributed by atoms with van der Waals surface area (Å²) in [5.41, 5.74) is 1.06. The van der Waals surface area contributed by atoms with Crippen LogP contribution in [0.4, 0.5) is 0 Å². The first-order valence-corrected chi connectivity index (χ1v) is 11.0. The summed E-state index contributed by atoms with van der Waals surface area (Å²) in [5, 5.41) is 0. The molecule has 1 unspecified atom stereocenters. The zero-order chi connectivity index (χ0) is 17.7. The highest BCUT2D eigenvalue weighted by molar-refractivity contribution is 7.89. The Bertz CT molecular complexity index is 697. The molecule has 0 fully saturated rings. The molecule has 0 aliphatic rings. The van der Waals surface area contributed by atoms with Crippen molar-refractivity contribution in [2.24, 2.45) is 0 Å². The number of aryl methyl sites for hydroxylation is 1.